The minimum atomic E-state index is 0.573. The molecule has 2 aromatic rings. The van der Waals surface area contributed by atoms with Gasteiger partial charge in [-0.25, -0.2) is 0 Å². The molecule has 0 aliphatic rings. The van der Waals surface area contributed by atoms with Crippen molar-refractivity contribution in [1.82, 2.24) is 5.32 Å². The minimum absolute atomic E-state index is 0.573. The topological polar surface area (TPSA) is 12.0 Å². The van der Waals surface area contributed by atoms with Crippen molar-refractivity contribution in [2.24, 2.45) is 0 Å². The second-order valence-electron chi connectivity index (χ2n) is 5.05. The first kappa shape index (κ1) is 12.6. The SMILES string of the molecule is Cc1cc2scc(CCNC(C)C)c2cc1C. The number of fused-ring (bicyclic) bond motifs is 1. The Morgan fingerprint density at radius 1 is 1.18 bits per heavy atom. The van der Waals surface area contributed by atoms with Gasteiger partial charge in [-0.1, -0.05) is 19.9 Å². The Bertz CT molecular complexity index is 511. The lowest BCUT2D eigenvalue weighted by Crippen LogP contribution is -2.24. The van der Waals surface area contributed by atoms with E-state index in [1.165, 1.54) is 26.8 Å². The number of benzene rings is 1. The lowest BCUT2D eigenvalue weighted by molar-refractivity contribution is 0.591. The summed E-state index contributed by atoms with van der Waals surface area (Å²) in [5.41, 5.74) is 4.28. The smallest absolute Gasteiger partial charge is 0.0348 e. The fourth-order valence-electron chi connectivity index (χ4n) is 2.03. The predicted octanol–water partition coefficient (Wildman–Crippen LogP) is 4.06. The number of aryl methyl sites for hydroxylation is 2. The molecule has 17 heavy (non-hydrogen) atoms. The summed E-state index contributed by atoms with van der Waals surface area (Å²) in [6.45, 7) is 9.84. The molecule has 0 spiro atoms. The molecule has 1 aromatic carbocycles. The number of nitrogens with one attached hydrogen (secondary N) is 1. The van der Waals surface area contributed by atoms with Crippen molar-refractivity contribution < 1.29 is 0 Å². The molecule has 0 atom stereocenters. The molecule has 0 fully saturated rings. The van der Waals surface area contributed by atoms with Gasteiger partial charge in [-0.15, -0.1) is 11.3 Å². The molecule has 0 aliphatic heterocycles. The van der Waals surface area contributed by atoms with Crippen LogP contribution in [0.25, 0.3) is 10.1 Å². The quantitative estimate of drug-likeness (QED) is 0.859. The standard InChI is InChI=1S/C15H21NS/c1-10(2)16-6-5-13-9-17-15-8-12(4)11(3)7-14(13)15/h7-10,16H,5-6H2,1-4H3. The van der Waals surface area contributed by atoms with Gasteiger partial charge in [0.15, 0.2) is 0 Å². The van der Waals surface area contributed by atoms with Crippen LogP contribution >= 0.6 is 11.3 Å². The maximum Gasteiger partial charge on any atom is 0.0348 e. The fourth-order valence-corrected chi connectivity index (χ4v) is 3.10. The molecule has 92 valence electrons. The minimum Gasteiger partial charge on any atom is -0.314 e. The summed E-state index contributed by atoms with van der Waals surface area (Å²) in [4.78, 5) is 0. The Morgan fingerprint density at radius 2 is 1.88 bits per heavy atom. The largest absolute Gasteiger partial charge is 0.314 e. The first-order valence-corrected chi connectivity index (χ1v) is 7.16. The van der Waals surface area contributed by atoms with Gasteiger partial charge in [-0.3, -0.25) is 0 Å². The number of rotatable bonds is 4. The third-order valence-electron chi connectivity index (χ3n) is 3.22. The van der Waals surface area contributed by atoms with E-state index in [1.807, 2.05) is 11.3 Å². The zero-order valence-electron chi connectivity index (χ0n) is 11.1. The lowest BCUT2D eigenvalue weighted by Gasteiger charge is -2.07. The molecule has 0 aliphatic carbocycles. The summed E-state index contributed by atoms with van der Waals surface area (Å²) in [7, 11) is 0. The van der Waals surface area contributed by atoms with E-state index in [4.69, 9.17) is 0 Å². The third kappa shape index (κ3) is 2.88. The van der Waals surface area contributed by atoms with Crippen molar-refractivity contribution >= 4 is 21.4 Å². The van der Waals surface area contributed by atoms with Gasteiger partial charge in [0.1, 0.15) is 0 Å². The lowest BCUT2D eigenvalue weighted by atomic mass is 10.0. The normalized spacial score (nSPS) is 11.6. The van der Waals surface area contributed by atoms with Crippen LogP contribution in [0.4, 0.5) is 0 Å². The molecule has 1 aromatic heterocycles. The van der Waals surface area contributed by atoms with Crippen LogP contribution < -0.4 is 5.32 Å². The number of thiophene rings is 1. The van der Waals surface area contributed by atoms with Gasteiger partial charge < -0.3 is 5.32 Å². The molecule has 2 heteroatoms. The average molecular weight is 247 g/mol. The van der Waals surface area contributed by atoms with Crippen LogP contribution in [0.2, 0.25) is 0 Å². The van der Waals surface area contributed by atoms with Crippen LogP contribution in [-0.2, 0) is 6.42 Å². The molecule has 0 saturated carbocycles. The predicted molar refractivity (Wildman–Crippen MR) is 78.1 cm³/mol. The van der Waals surface area contributed by atoms with Crippen LogP contribution in [-0.4, -0.2) is 12.6 Å². The first-order chi connectivity index (χ1) is 8.08. The van der Waals surface area contributed by atoms with Crippen LogP contribution in [0.1, 0.15) is 30.5 Å². The molecular weight excluding hydrogens is 226 g/mol. The highest BCUT2D eigenvalue weighted by Gasteiger charge is 2.06. The highest BCUT2D eigenvalue weighted by Crippen LogP contribution is 2.28. The zero-order valence-corrected chi connectivity index (χ0v) is 11.9. The van der Waals surface area contributed by atoms with Crippen molar-refractivity contribution in [2.75, 3.05) is 6.54 Å². The molecule has 0 saturated heterocycles. The molecule has 0 unspecified atom stereocenters. The van der Waals surface area contributed by atoms with Crippen LogP contribution in [0.5, 0.6) is 0 Å². The zero-order chi connectivity index (χ0) is 12.4. The first-order valence-electron chi connectivity index (χ1n) is 6.28. The van der Waals surface area contributed by atoms with E-state index in [9.17, 15) is 0 Å². The monoisotopic (exact) mass is 247 g/mol. The Hall–Kier alpha value is -0.860. The summed E-state index contributed by atoms with van der Waals surface area (Å²) >= 11 is 1.87. The highest BCUT2D eigenvalue weighted by molar-refractivity contribution is 7.17. The van der Waals surface area contributed by atoms with E-state index in [1.54, 1.807) is 0 Å². The second-order valence-corrected chi connectivity index (χ2v) is 5.96. The molecule has 0 amide bonds. The molecule has 2 rings (SSSR count). The Labute approximate surface area is 108 Å². The average Bonchev–Trinajstić information content (AvgIpc) is 2.62. The van der Waals surface area contributed by atoms with Crippen molar-refractivity contribution in [1.29, 1.82) is 0 Å². The van der Waals surface area contributed by atoms with E-state index in [0.29, 0.717) is 6.04 Å². The Balaban J connectivity index is 2.21. The van der Waals surface area contributed by atoms with Gasteiger partial charge in [-0.2, -0.15) is 0 Å². The molecule has 0 bridgehead atoms. The van der Waals surface area contributed by atoms with Crippen molar-refractivity contribution in [3.63, 3.8) is 0 Å². The van der Waals surface area contributed by atoms with Crippen LogP contribution in [0.15, 0.2) is 17.5 Å². The van der Waals surface area contributed by atoms with Gasteiger partial charge in [-0.05, 0) is 60.3 Å². The summed E-state index contributed by atoms with van der Waals surface area (Å²) < 4.78 is 1.42. The van der Waals surface area contributed by atoms with Crippen molar-refractivity contribution in [3.8, 4) is 0 Å². The fraction of sp³-hybridized carbons (Fsp3) is 0.467. The maximum atomic E-state index is 3.48. The van der Waals surface area contributed by atoms with E-state index in [-0.39, 0.29) is 0 Å². The van der Waals surface area contributed by atoms with E-state index >= 15 is 0 Å². The van der Waals surface area contributed by atoms with Gasteiger partial charge in [0.05, 0.1) is 0 Å². The number of hydrogen-bond acceptors (Lipinski definition) is 2. The van der Waals surface area contributed by atoms with Gasteiger partial charge in [0.25, 0.3) is 0 Å². The highest BCUT2D eigenvalue weighted by atomic mass is 32.1. The Kier molecular flexibility index (Phi) is 3.85. The third-order valence-corrected chi connectivity index (χ3v) is 4.21. The van der Waals surface area contributed by atoms with Crippen LogP contribution in [0.3, 0.4) is 0 Å². The van der Waals surface area contributed by atoms with Crippen molar-refractivity contribution in [3.05, 3.63) is 34.2 Å². The Morgan fingerprint density at radius 3 is 2.59 bits per heavy atom. The van der Waals surface area contributed by atoms with Crippen molar-refractivity contribution in [2.45, 2.75) is 40.2 Å². The van der Waals surface area contributed by atoms with Gasteiger partial charge in [0.2, 0.25) is 0 Å². The molecular formula is C15H21NS. The molecule has 1 heterocycles. The van der Waals surface area contributed by atoms with Gasteiger partial charge >= 0.3 is 0 Å². The molecule has 1 N–H and O–H groups in total. The molecule has 1 nitrogen and oxygen atoms in total. The summed E-state index contributed by atoms with van der Waals surface area (Å²) in [6.07, 6.45) is 1.13. The van der Waals surface area contributed by atoms with Crippen LogP contribution in [0, 0.1) is 13.8 Å². The maximum absolute atomic E-state index is 3.48. The summed E-state index contributed by atoms with van der Waals surface area (Å²) in [5.74, 6) is 0. The summed E-state index contributed by atoms with van der Waals surface area (Å²) in [5, 5.41) is 7.24. The van der Waals surface area contributed by atoms with E-state index in [0.717, 1.165) is 13.0 Å². The number of hydrogen-bond donors (Lipinski definition) is 1. The van der Waals surface area contributed by atoms with E-state index in [2.05, 4.69) is 50.5 Å². The van der Waals surface area contributed by atoms with E-state index < -0.39 is 0 Å². The second kappa shape index (κ2) is 5.19. The van der Waals surface area contributed by atoms with Gasteiger partial charge in [0, 0.05) is 10.7 Å². The summed E-state index contributed by atoms with van der Waals surface area (Å²) in [6, 6.07) is 5.23. The molecule has 0 radical (unpaired) electrons.